The van der Waals surface area contributed by atoms with Gasteiger partial charge in [-0.3, -0.25) is 14.4 Å². The average Bonchev–Trinajstić information content (AvgIpc) is 3.19. The lowest BCUT2D eigenvalue weighted by Gasteiger charge is -2.24. The Bertz CT molecular complexity index is 1730. The fourth-order valence-corrected chi connectivity index (χ4v) is 6.61. The Balaban J connectivity index is 1.69. The maximum atomic E-state index is 13.8. The SMILES string of the molecule is CN(C)C(=O)CN(C)C(=O)C1=Cc2ccccc2-c2c(C3CCCCC3)c3ccc(C(=O)NS(=O)(=O)N(C)C)cc3n2C1. The smallest absolute Gasteiger partial charge is 0.303 e. The monoisotopic (exact) mass is 605 g/mol. The molecule has 0 saturated heterocycles. The van der Waals surface area contributed by atoms with E-state index >= 15 is 0 Å². The van der Waals surface area contributed by atoms with Crippen molar-refractivity contribution in [2.45, 2.75) is 44.6 Å². The minimum atomic E-state index is -3.98. The lowest BCUT2D eigenvalue weighted by Crippen LogP contribution is -2.39. The number of amides is 3. The molecule has 1 aliphatic heterocycles. The molecule has 3 aromatic rings. The Morgan fingerprint density at radius 1 is 0.953 bits per heavy atom. The quantitative estimate of drug-likeness (QED) is 0.440. The second-order valence-corrected chi connectivity index (χ2v) is 13.7. The van der Waals surface area contributed by atoms with Crippen LogP contribution in [0.15, 0.2) is 48.0 Å². The van der Waals surface area contributed by atoms with Crippen LogP contribution in [0.25, 0.3) is 28.2 Å². The van der Waals surface area contributed by atoms with Crippen molar-refractivity contribution in [1.29, 1.82) is 0 Å². The summed E-state index contributed by atoms with van der Waals surface area (Å²) < 4.78 is 30.0. The minimum Gasteiger partial charge on any atom is -0.347 e. The van der Waals surface area contributed by atoms with Crippen LogP contribution in [0.3, 0.4) is 0 Å². The van der Waals surface area contributed by atoms with Crippen molar-refractivity contribution < 1.29 is 22.8 Å². The molecule has 0 spiro atoms. The number of fused-ring (bicyclic) bond motifs is 5. The lowest BCUT2D eigenvalue weighted by atomic mass is 9.81. The Morgan fingerprint density at radius 3 is 2.33 bits per heavy atom. The number of rotatable bonds is 7. The Hall–Kier alpha value is -3.96. The summed E-state index contributed by atoms with van der Waals surface area (Å²) in [4.78, 5) is 42.3. The molecule has 2 aliphatic rings. The zero-order valence-electron chi connectivity index (χ0n) is 25.4. The van der Waals surface area contributed by atoms with E-state index < -0.39 is 16.1 Å². The Kier molecular flexibility index (Phi) is 8.49. The molecule has 0 atom stereocenters. The highest BCUT2D eigenvalue weighted by molar-refractivity contribution is 7.87. The number of nitrogens with zero attached hydrogens (tertiary/aromatic N) is 4. The lowest BCUT2D eigenvalue weighted by molar-refractivity contribution is -0.136. The zero-order valence-corrected chi connectivity index (χ0v) is 26.2. The van der Waals surface area contributed by atoms with E-state index in [0.717, 1.165) is 57.7 Å². The largest absolute Gasteiger partial charge is 0.347 e. The van der Waals surface area contributed by atoms with E-state index in [-0.39, 0.29) is 30.5 Å². The number of carbonyl (C=O) groups is 3. The fraction of sp³-hybridized carbons (Fsp3) is 0.406. The predicted octanol–water partition coefficient (Wildman–Crippen LogP) is 3.84. The molecule has 228 valence electrons. The van der Waals surface area contributed by atoms with Gasteiger partial charge in [-0.25, -0.2) is 4.72 Å². The van der Waals surface area contributed by atoms with E-state index in [1.165, 1.54) is 35.9 Å². The van der Waals surface area contributed by atoms with E-state index in [9.17, 15) is 22.8 Å². The van der Waals surface area contributed by atoms with Crippen LogP contribution in [-0.4, -0.2) is 86.6 Å². The van der Waals surface area contributed by atoms with Gasteiger partial charge >= 0.3 is 10.2 Å². The van der Waals surface area contributed by atoms with Crippen molar-refractivity contribution in [1.82, 2.24) is 23.4 Å². The van der Waals surface area contributed by atoms with Gasteiger partial charge in [0.25, 0.3) is 11.8 Å². The molecule has 0 bridgehead atoms. The van der Waals surface area contributed by atoms with Gasteiger partial charge in [-0.1, -0.05) is 49.6 Å². The van der Waals surface area contributed by atoms with Crippen LogP contribution in [0.5, 0.6) is 0 Å². The van der Waals surface area contributed by atoms with Crippen molar-refractivity contribution in [2.24, 2.45) is 0 Å². The standard InChI is InChI=1S/C32H39N5O5S/c1-34(2)28(38)20-36(5)32(40)24-17-22-13-9-10-14-25(22)30-29(21-11-7-6-8-12-21)26-16-15-23(18-27(26)37(30)19-24)31(39)33-43(41,42)35(3)4/h9-10,13-18,21H,6-8,11-12,19-20H2,1-5H3,(H,33,39). The van der Waals surface area contributed by atoms with Crippen LogP contribution in [0, 0.1) is 0 Å². The minimum absolute atomic E-state index is 0.0535. The number of carbonyl (C=O) groups excluding carboxylic acids is 3. The van der Waals surface area contributed by atoms with Crippen LogP contribution < -0.4 is 4.72 Å². The maximum Gasteiger partial charge on any atom is 0.303 e. The third-order valence-electron chi connectivity index (χ3n) is 8.45. The second-order valence-electron chi connectivity index (χ2n) is 11.8. The van der Waals surface area contributed by atoms with Crippen molar-refractivity contribution in [2.75, 3.05) is 41.8 Å². The van der Waals surface area contributed by atoms with Crippen LogP contribution >= 0.6 is 0 Å². The summed E-state index contributed by atoms with van der Waals surface area (Å²) >= 11 is 0. The van der Waals surface area contributed by atoms with Gasteiger partial charge in [-0.15, -0.1) is 0 Å². The van der Waals surface area contributed by atoms with Crippen molar-refractivity contribution in [3.05, 3.63) is 64.7 Å². The number of nitrogens with one attached hydrogen (secondary N) is 1. The second kappa shape index (κ2) is 12.0. The van der Waals surface area contributed by atoms with E-state index in [1.807, 2.05) is 30.3 Å². The molecule has 1 saturated carbocycles. The molecule has 1 fully saturated rings. The molecule has 5 rings (SSSR count). The van der Waals surface area contributed by atoms with Crippen LogP contribution in [0.1, 0.15) is 59.5 Å². The topological polar surface area (TPSA) is 112 Å². The summed E-state index contributed by atoms with van der Waals surface area (Å²) in [6, 6.07) is 13.3. The zero-order chi connectivity index (χ0) is 31.1. The van der Waals surface area contributed by atoms with Gasteiger partial charge < -0.3 is 14.4 Å². The van der Waals surface area contributed by atoms with Crippen molar-refractivity contribution >= 4 is 44.9 Å². The van der Waals surface area contributed by atoms with E-state index in [2.05, 4.69) is 15.4 Å². The molecule has 1 aliphatic carbocycles. The van der Waals surface area contributed by atoms with Crippen molar-refractivity contribution in [3.63, 3.8) is 0 Å². The number of aromatic nitrogens is 1. The number of hydrogen-bond acceptors (Lipinski definition) is 5. The summed E-state index contributed by atoms with van der Waals surface area (Å²) in [5.74, 6) is -0.856. The highest BCUT2D eigenvalue weighted by Gasteiger charge is 2.31. The van der Waals surface area contributed by atoms with Gasteiger partial charge in [0.1, 0.15) is 0 Å². The molecule has 2 heterocycles. The Morgan fingerprint density at radius 2 is 1.65 bits per heavy atom. The third kappa shape index (κ3) is 5.96. The van der Waals surface area contributed by atoms with Crippen molar-refractivity contribution in [3.8, 4) is 11.3 Å². The van der Waals surface area contributed by atoms with Gasteiger partial charge in [0.15, 0.2) is 0 Å². The van der Waals surface area contributed by atoms with E-state index in [1.54, 1.807) is 33.3 Å². The average molecular weight is 606 g/mol. The summed E-state index contributed by atoms with van der Waals surface area (Å²) in [6.45, 7) is 0.176. The molecular weight excluding hydrogens is 566 g/mol. The fourth-order valence-electron chi connectivity index (χ4n) is 6.08. The maximum absolute atomic E-state index is 13.8. The molecule has 1 N–H and O–H groups in total. The normalized spacial score (nSPS) is 15.3. The van der Waals surface area contributed by atoms with Crippen LogP contribution in [0.2, 0.25) is 0 Å². The third-order valence-corrected chi connectivity index (χ3v) is 9.85. The molecule has 1 aromatic heterocycles. The van der Waals surface area contributed by atoms with Gasteiger partial charge in [0.2, 0.25) is 5.91 Å². The first-order valence-electron chi connectivity index (χ1n) is 14.6. The van der Waals surface area contributed by atoms with Gasteiger partial charge in [-0.2, -0.15) is 12.7 Å². The van der Waals surface area contributed by atoms with E-state index in [4.69, 9.17) is 0 Å². The first kappa shape index (κ1) is 30.5. The predicted molar refractivity (Wildman–Crippen MR) is 168 cm³/mol. The summed E-state index contributed by atoms with van der Waals surface area (Å²) in [5, 5.41) is 0.994. The first-order chi connectivity index (χ1) is 20.4. The van der Waals surface area contributed by atoms with Gasteiger partial charge in [-0.05, 0) is 48.1 Å². The number of hydrogen-bond donors (Lipinski definition) is 1. The van der Waals surface area contributed by atoms with Gasteiger partial charge in [0, 0.05) is 62.8 Å². The molecule has 10 nitrogen and oxygen atoms in total. The first-order valence-corrected chi connectivity index (χ1v) is 16.0. The highest BCUT2D eigenvalue weighted by atomic mass is 32.2. The summed E-state index contributed by atoms with van der Waals surface area (Å²) in [7, 11) is 3.66. The summed E-state index contributed by atoms with van der Waals surface area (Å²) in [5.41, 5.74) is 5.60. The molecule has 0 radical (unpaired) electrons. The molecule has 2 aromatic carbocycles. The van der Waals surface area contributed by atoms with E-state index in [0.29, 0.717) is 11.5 Å². The number of benzene rings is 2. The van der Waals surface area contributed by atoms with Crippen LogP contribution in [0.4, 0.5) is 0 Å². The number of likely N-dealkylation sites (N-methyl/N-ethyl adjacent to an activating group) is 2. The molecular formula is C32H39N5O5S. The molecule has 3 amide bonds. The molecule has 43 heavy (non-hydrogen) atoms. The summed E-state index contributed by atoms with van der Waals surface area (Å²) in [6.07, 6.45) is 7.46. The Labute approximate surface area is 253 Å². The highest BCUT2D eigenvalue weighted by Crippen LogP contribution is 2.46. The van der Waals surface area contributed by atoms with Gasteiger partial charge in [0.05, 0.1) is 18.8 Å². The molecule has 0 unspecified atom stereocenters. The molecule has 11 heteroatoms. The van der Waals surface area contributed by atoms with Crippen LogP contribution in [-0.2, 0) is 26.3 Å².